The van der Waals surface area contributed by atoms with Gasteiger partial charge in [0.15, 0.2) is 0 Å². The molecule has 0 bridgehead atoms. The molecule has 0 aromatic heterocycles. The molecule has 2 heterocycles. The second kappa shape index (κ2) is 9.10. The summed E-state index contributed by atoms with van der Waals surface area (Å²) in [7, 11) is 0. The third kappa shape index (κ3) is 4.40. The number of anilines is 1. The maximum atomic E-state index is 9.07. The molecule has 1 saturated heterocycles. The van der Waals surface area contributed by atoms with Crippen LogP contribution in [-0.4, -0.2) is 18.8 Å². The highest BCUT2D eigenvalue weighted by atomic mass is 35.5. The van der Waals surface area contributed by atoms with E-state index in [0.29, 0.717) is 30.4 Å². The van der Waals surface area contributed by atoms with E-state index in [2.05, 4.69) is 57.3 Å². The third-order valence-corrected chi connectivity index (χ3v) is 7.54. The van der Waals surface area contributed by atoms with Crippen LogP contribution < -0.4 is 10.1 Å². The molecular weight excluding hydrogens is 408 g/mol. The highest BCUT2D eigenvalue weighted by molar-refractivity contribution is 6.31. The fraction of sp³-hybridized carbons (Fsp3) is 0.500. The fourth-order valence-corrected chi connectivity index (χ4v) is 5.09. The van der Waals surface area contributed by atoms with Crippen LogP contribution in [0.5, 0.6) is 5.75 Å². The first kappa shape index (κ1) is 22.0. The molecular formula is C26H31ClN2O2. The molecule has 164 valence electrons. The number of ether oxygens (including phenoxy) is 2. The van der Waals surface area contributed by atoms with Crippen molar-refractivity contribution in [2.45, 2.75) is 58.8 Å². The van der Waals surface area contributed by atoms with Crippen LogP contribution in [0.2, 0.25) is 5.02 Å². The van der Waals surface area contributed by atoms with Gasteiger partial charge in [0.05, 0.1) is 24.4 Å². The first-order chi connectivity index (χ1) is 14.9. The minimum atomic E-state index is -0.445. The summed E-state index contributed by atoms with van der Waals surface area (Å²) in [6.45, 7) is 9.67. The lowest BCUT2D eigenvalue weighted by molar-refractivity contribution is -0.136. The van der Waals surface area contributed by atoms with E-state index in [1.54, 1.807) is 0 Å². The summed E-state index contributed by atoms with van der Waals surface area (Å²) in [5.41, 5.74) is 4.38. The molecule has 0 spiro atoms. The van der Waals surface area contributed by atoms with E-state index >= 15 is 0 Å². The Labute approximate surface area is 190 Å². The highest BCUT2D eigenvalue weighted by Crippen LogP contribution is 2.44. The van der Waals surface area contributed by atoms with Gasteiger partial charge < -0.3 is 14.8 Å². The van der Waals surface area contributed by atoms with Crippen molar-refractivity contribution in [3.63, 3.8) is 0 Å². The monoisotopic (exact) mass is 438 g/mol. The van der Waals surface area contributed by atoms with Crippen molar-refractivity contribution in [3.05, 3.63) is 58.1 Å². The Kier molecular flexibility index (Phi) is 6.46. The summed E-state index contributed by atoms with van der Waals surface area (Å²) in [6, 6.07) is 14.5. The van der Waals surface area contributed by atoms with Crippen LogP contribution >= 0.6 is 11.6 Å². The standard InChI is InChI=1S/C26H31ClN2O2/c1-5-24-16(3)15(2)17(4)26(31-24)19-7-8-22(27)20(12-19)10-18-6-9-25-23(11-18)29-14-21(13-28)30-25/h6-9,11-12,15-17,21,24,26,29H,5,10,14H2,1-4H3/t15-,16-,17+,21?,24+,26+/m0/s1. The number of fused-ring (bicyclic) bond motifs is 1. The van der Waals surface area contributed by atoms with Crippen LogP contribution in [0.4, 0.5) is 5.69 Å². The second-order valence-corrected chi connectivity index (χ2v) is 9.46. The minimum absolute atomic E-state index is 0.0914. The van der Waals surface area contributed by atoms with Gasteiger partial charge in [-0.2, -0.15) is 5.26 Å². The van der Waals surface area contributed by atoms with Crippen LogP contribution in [0.3, 0.4) is 0 Å². The smallest absolute Gasteiger partial charge is 0.201 e. The maximum absolute atomic E-state index is 9.07. The molecule has 0 aliphatic carbocycles. The maximum Gasteiger partial charge on any atom is 0.201 e. The summed E-state index contributed by atoms with van der Waals surface area (Å²) in [6.07, 6.45) is 1.70. The van der Waals surface area contributed by atoms with Gasteiger partial charge in [-0.15, -0.1) is 0 Å². The molecule has 2 aliphatic rings. The molecule has 31 heavy (non-hydrogen) atoms. The molecule has 5 heteroatoms. The third-order valence-electron chi connectivity index (χ3n) is 7.17. The van der Waals surface area contributed by atoms with E-state index in [9.17, 15) is 0 Å². The van der Waals surface area contributed by atoms with Gasteiger partial charge in [-0.05, 0) is 65.5 Å². The zero-order valence-corrected chi connectivity index (χ0v) is 19.4. The van der Waals surface area contributed by atoms with Crippen molar-refractivity contribution in [2.75, 3.05) is 11.9 Å². The van der Waals surface area contributed by atoms with Gasteiger partial charge in [0.2, 0.25) is 6.10 Å². The summed E-state index contributed by atoms with van der Waals surface area (Å²) < 4.78 is 12.3. The molecule has 2 aromatic carbocycles. The largest absolute Gasteiger partial charge is 0.472 e. The lowest BCUT2D eigenvalue weighted by Crippen LogP contribution is -2.40. The zero-order valence-electron chi connectivity index (χ0n) is 18.7. The lowest BCUT2D eigenvalue weighted by atomic mass is 9.74. The Morgan fingerprint density at radius 1 is 1.10 bits per heavy atom. The van der Waals surface area contributed by atoms with Crippen molar-refractivity contribution in [3.8, 4) is 11.8 Å². The number of hydrogen-bond donors (Lipinski definition) is 1. The van der Waals surface area contributed by atoms with Crippen LogP contribution in [0.1, 0.15) is 56.9 Å². The van der Waals surface area contributed by atoms with Crippen molar-refractivity contribution in [2.24, 2.45) is 17.8 Å². The van der Waals surface area contributed by atoms with E-state index in [-0.39, 0.29) is 6.10 Å². The Balaban J connectivity index is 1.57. The topological polar surface area (TPSA) is 54.3 Å². The first-order valence-electron chi connectivity index (χ1n) is 11.3. The number of nitrogens with zero attached hydrogens (tertiary/aromatic N) is 1. The van der Waals surface area contributed by atoms with E-state index in [0.717, 1.165) is 40.4 Å². The molecule has 4 rings (SSSR count). The molecule has 2 aromatic rings. The van der Waals surface area contributed by atoms with E-state index in [1.165, 1.54) is 5.56 Å². The van der Waals surface area contributed by atoms with Gasteiger partial charge in [0.25, 0.3) is 0 Å². The number of rotatable bonds is 4. The van der Waals surface area contributed by atoms with Crippen molar-refractivity contribution < 1.29 is 9.47 Å². The van der Waals surface area contributed by atoms with Crippen LogP contribution in [0.15, 0.2) is 36.4 Å². The number of nitriles is 1. The molecule has 0 radical (unpaired) electrons. The molecule has 1 N–H and O–H groups in total. The average Bonchev–Trinajstić information content (AvgIpc) is 2.79. The number of hydrogen-bond acceptors (Lipinski definition) is 4. The van der Waals surface area contributed by atoms with Crippen molar-refractivity contribution in [1.82, 2.24) is 0 Å². The zero-order chi connectivity index (χ0) is 22.1. The highest BCUT2D eigenvalue weighted by Gasteiger charge is 2.38. The van der Waals surface area contributed by atoms with Gasteiger partial charge in [-0.25, -0.2) is 0 Å². The predicted octanol–water partition coefficient (Wildman–Crippen LogP) is 6.39. The quantitative estimate of drug-likeness (QED) is 0.601. The van der Waals surface area contributed by atoms with E-state index < -0.39 is 6.10 Å². The number of nitrogens with one attached hydrogen (secondary N) is 1. The molecule has 1 fully saturated rings. The number of benzene rings is 2. The molecule has 1 unspecified atom stereocenters. The summed E-state index contributed by atoms with van der Waals surface area (Å²) in [5, 5.41) is 13.1. The molecule has 4 nitrogen and oxygen atoms in total. The Hall–Kier alpha value is -2.22. The van der Waals surface area contributed by atoms with Gasteiger partial charge in [-0.3, -0.25) is 0 Å². The SMILES string of the molecule is CC[C@H]1O[C@@H](c2ccc(Cl)c(Cc3ccc4c(c3)NCC(C#N)O4)c2)[C@H](C)[C@@H](C)[C@@H]1C. The first-order valence-corrected chi connectivity index (χ1v) is 11.7. The van der Waals surface area contributed by atoms with Gasteiger partial charge in [-0.1, -0.05) is 57.5 Å². The Morgan fingerprint density at radius 3 is 2.65 bits per heavy atom. The van der Waals surface area contributed by atoms with Gasteiger partial charge >= 0.3 is 0 Å². The second-order valence-electron chi connectivity index (χ2n) is 9.06. The van der Waals surface area contributed by atoms with Crippen LogP contribution in [-0.2, 0) is 11.2 Å². The average molecular weight is 439 g/mol. The lowest BCUT2D eigenvalue weighted by Gasteiger charge is -2.44. The Morgan fingerprint density at radius 2 is 1.90 bits per heavy atom. The predicted molar refractivity (Wildman–Crippen MR) is 125 cm³/mol. The van der Waals surface area contributed by atoms with Gasteiger partial charge in [0, 0.05) is 5.02 Å². The van der Waals surface area contributed by atoms with Crippen LogP contribution in [0.25, 0.3) is 0 Å². The summed E-state index contributed by atoms with van der Waals surface area (Å²) in [5.74, 6) is 2.34. The molecule has 0 amide bonds. The van der Waals surface area contributed by atoms with Crippen LogP contribution in [0, 0.1) is 29.1 Å². The molecule has 0 saturated carbocycles. The van der Waals surface area contributed by atoms with E-state index in [4.69, 9.17) is 26.3 Å². The molecule has 2 aliphatic heterocycles. The van der Waals surface area contributed by atoms with Crippen molar-refractivity contribution in [1.29, 1.82) is 5.26 Å². The summed E-state index contributed by atoms with van der Waals surface area (Å²) in [4.78, 5) is 0. The number of halogens is 1. The van der Waals surface area contributed by atoms with Gasteiger partial charge in [0.1, 0.15) is 11.8 Å². The fourth-order valence-electron chi connectivity index (χ4n) is 4.90. The van der Waals surface area contributed by atoms with Crippen molar-refractivity contribution >= 4 is 17.3 Å². The Bertz CT molecular complexity index is 984. The summed E-state index contributed by atoms with van der Waals surface area (Å²) >= 11 is 6.59. The normalized spacial score (nSPS) is 29.9. The van der Waals surface area contributed by atoms with E-state index in [1.807, 2.05) is 18.2 Å². The minimum Gasteiger partial charge on any atom is -0.472 e. The molecule has 6 atom stereocenters.